The van der Waals surface area contributed by atoms with Crippen LogP contribution < -0.4 is 0 Å². The zero-order valence-corrected chi connectivity index (χ0v) is 13.9. The number of hydrogen-bond acceptors (Lipinski definition) is 4. The summed E-state index contributed by atoms with van der Waals surface area (Å²) >= 11 is 0. The van der Waals surface area contributed by atoms with Crippen LogP contribution in [-0.2, 0) is 4.79 Å². The topological polar surface area (TPSA) is 66.7 Å². The van der Waals surface area contributed by atoms with E-state index in [0.29, 0.717) is 24.4 Å². The van der Waals surface area contributed by atoms with E-state index in [2.05, 4.69) is 4.98 Å². The second kappa shape index (κ2) is 6.86. The standard InChI is InChI=1S/C18H21N3O3/c1-20(2)17(22)15-4-3-9-21(11-15)18(23)14-7-5-13(6-8-14)16-10-19-12-24-16/h5-8,10,12,15H,3-4,9,11H2,1-2H3. The van der Waals surface area contributed by atoms with E-state index < -0.39 is 0 Å². The van der Waals surface area contributed by atoms with E-state index in [9.17, 15) is 9.59 Å². The van der Waals surface area contributed by atoms with Crippen LogP contribution in [0.2, 0.25) is 0 Å². The Hall–Kier alpha value is -2.63. The average molecular weight is 327 g/mol. The van der Waals surface area contributed by atoms with Crippen molar-refractivity contribution in [3.63, 3.8) is 0 Å². The molecule has 1 aromatic carbocycles. The highest BCUT2D eigenvalue weighted by atomic mass is 16.3. The van der Waals surface area contributed by atoms with Crippen molar-refractivity contribution in [1.29, 1.82) is 0 Å². The molecule has 0 saturated carbocycles. The van der Waals surface area contributed by atoms with E-state index in [1.54, 1.807) is 42.2 Å². The molecule has 3 rings (SSSR count). The molecule has 1 unspecified atom stereocenters. The minimum absolute atomic E-state index is 0.0321. The van der Waals surface area contributed by atoms with Crippen LogP contribution in [0.4, 0.5) is 0 Å². The molecule has 1 atom stereocenters. The Balaban J connectivity index is 1.70. The number of carbonyl (C=O) groups excluding carboxylic acids is 2. The normalized spacial score (nSPS) is 17.6. The second-order valence-corrected chi connectivity index (χ2v) is 6.27. The molecule has 1 aliphatic heterocycles. The number of carbonyl (C=O) groups is 2. The van der Waals surface area contributed by atoms with Crippen LogP contribution in [0.3, 0.4) is 0 Å². The average Bonchev–Trinajstić information content (AvgIpc) is 3.15. The zero-order chi connectivity index (χ0) is 17.1. The van der Waals surface area contributed by atoms with Crippen LogP contribution in [0.5, 0.6) is 0 Å². The smallest absolute Gasteiger partial charge is 0.253 e. The van der Waals surface area contributed by atoms with Gasteiger partial charge in [-0.25, -0.2) is 4.98 Å². The Kier molecular flexibility index (Phi) is 4.64. The van der Waals surface area contributed by atoms with Gasteiger partial charge in [0.05, 0.1) is 12.1 Å². The molecule has 2 amide bonds. The molecular weight excluding hydrogens is 306 g/mol. The molecule has 1 fully saturated rings. The highest BCUT2D eigenvalue weighted by Gasteiger charge is 2.29. The zero-order valence-electron chi connectivity index (χ0n) is 13.9. The molecule has 0 spiro atoms. The van der Waals surface area contributed by atoms with Gasteiger partial charge < -0.3 is 14.2 Å². The Morgan fingerprint density at radius 1 is 1.25 bits per heavy atom. The van der Waals surface area contributed by atoms with Crippen LogP contribution in [0.25, 0.3) is 11.3 Å². The molecule has 1 aliphatic rings. The number of rotatable bonds is 3. The molecular formula is C18H21N3O3. The lowest BCUT2D eigenvalue weighted by Gasteiger charge is -2.33. The van der Waals surface area contributed by atoms with Crippen LogP contribution >= 0.6 is 0 Å². The number of aromatic nitrogens is 1. The quantitative estimate of drug-likeness (QED) is 0.867. The van der Waals surface area contributed by atoms with Gasteiger partial charge in [-0.2, -0.15) is 0 Å². The number of likely N-dealkylation sites (tertiary alicyclic amines) is 1. The summed E-state index contributed by atoms with van der Waals surface area (Å²) in [6.07, 6.45) is 4.71. The molecule has 24 heavy (non-hydrogen) atoms. The van der Waals surface area contributed by atoms with Crippen molar-refractivity contribution >= 4 is 11.8 Å². The minimum Gasteiger partial charge on any atom is -0.444 e. The van der Waals surface area contributed by atoms with Gasteiger partial charge in [0, 0.05) is 38.3 Å². The summed E-state index contributed by atoms with van der Waals surface area (Å²) in [5.41, 5.74) is 1.50. The lowest BCUT2D eigenvalue weighted by atomic mass is 9.96. The van der Waals surface area contributed by atoms with Gasteiger partial charge in [-0.15, -0.1) is 0 Å². The summed E-state index contributed by atoms with van der Waals surface area (Å²) in [5.74, 6) is 0.623. The van der Waals surface area contributed by atoms with Gasteiger partial charge in [-0.05, 0) is 25.0 Å². The Morgan fingerprint density at radius 2 is 2.00 bits per heavy atom. The first-order valence-corrected chi connectivity index (χ1v) is 8.05. The fourth-order valence-corrected chi connectivity index (χ4v) is 3.05. The van der Waals surface area contributed by atoms with E-state index in [1.807, 2.05) is 12.1 Å². The number of piperidine rings is 1. The van der Waals surface area contributed by atoms with Gasteiger partial charge in [-0.1, -0.05) is 12.1 Å². The first kappa shape index (κ1) is 16.2. The molecule has 126 valence electrons. The summed E-state index contributed by atoms with van der Waals surface area (Å²) in [6.45, 7) is 1.18. The third-order valence-electron chi connectivity index (χ3n) is 4.35. The first-order valence-electron chi connectivity index (χ1n) is 8.05. The SMILES string of the molecule is CN(C)C(=O)C1CCCN(C(=O)c2ccc(-c3cnco3)cc2)C1. The first-order chi connectivity index (χ1) is 11.6. The van der Waals surface area contributed by atoms with Crippen molar-refractivity contribution in [3.05, 3.63) is 42.4 Å². The summed E-state index contributed by atoms with van der Waals surface area (Å²) in [7, 11) is 3.51. The fraction of sp³-hybridized carbons (Fsp3) is 0.389. The molecule has 0 N–H and O–H groups in total. The third-order valence-corrected chi connectivity index (χ3v) is 4.35. The van der Waals surface area contributed by atoms with Crippen molar-refractivity contribution in [1.82, 2.24) is 14.8 Å². The summed E-state index contributed by atoms with van der Waals surface area (Å²) < 4.78 is 5.25. The van der Waals surface area contributed by atoms with Gasteiger partial charge >= 0.3 is 0 Å². The van der Waals surface area contributed by atoms with E-state index in [0.717, 1.165) is 18.4 Å². The van der Waals surface area contributed by atoms with Crippen LogP contribution in [-0.4, -0.2) is 53.8 Å². The number of amides is 2. The largest absolute Gasteiger partial charge is 0.444 e. The van der Waals surface area contributed by atoms with Crippen molar-refractivity contribution in [3.8, 4) is 11.3 Å². The third kappa shape index (κ3) is 3.32. The summed E-state index contributed by atoms with van der Waals surface area (Å²) in [4.78, 5) is 32.1. The van der Waals surface area contributed by atoms with E-state index in [4.69, 9.17) is 4.42 Å². The number of benzene rings is 1. The van der Waals surface area contributed by atoms with Crippen LogP contribution in [0, 0.1) is 5.92 Å². The lowest BCUT2D eigenvalue weighted by molar-refractivity contribution is -0.134. The molecule has 0 aliphatic carbocycles. The minimum atomic E-state index is -0.105. The molecule has 2 aromatic rings. The number of nitrogens with zero attached hydrogens (tertiary/aromatic N) is 3. The van der Waals surface area contributed by atoms with E-state index in [1.165, 1.54) is 6.39 Å². The van der Waals surface area contributed by atoms with Crippen molar-refractivity contribution in [2.45, 2.75) is 12.8 Å². The van der Waals surface area contributed by atoms with Gasteiger partial charge in [0.1, 0.15) is 0 Å². The van der Waals surface area contributed by atoms with E-state index >= 15 is 0 Å². The van der Waals surface area contributed by atoms with Crippen molar-refractivity contribution < 1.29 is 14.0 Å². The molecule has 1 saturated heterocycles. The van der Waals surface area contributed by atoms with Gasteiger partial charge in [-0.3, -0.25) is 9.59 Å². The fourth-order valence-electron chi connectivity index (χ4n) is 3.05. The maximum atomic E-state index is 12.7. The number of hydrogen-bond donors (Lipinski definition) is 0. The second-order valence-electron chi connectivity index (χ2n) is 6.27. The summed E-state index contributed by atoms with van der Waals surface area (Å²) in [5, 5.41) is 0. The Bertz CT molecular complexity index is 708. The van der Waals surface area contributed by atoms with Crippen molar-refractivity contribution in [2.75, 3.05) is 27.2 Å². The van der Waals surface area contributed by atoms with Crippen LogP contribution in [0.15, 0.2) is 41.3 Å². The highest BCUT2D eigenvalue weighted by Crippen LogP contribution is 2.22. The molecule has 1 aromatic heterocycles. The molecule has 6 nitrogen and oxygen atoms in total. The molecule has 0 bridgehead atoms. The van der Waals surface area contributed by atoms with Gasteiger partial charge in [0.2, 0.25) is 5.91 Å². The highest BCUT2D eigenvalue weighted by molar-refractivity contribution is 5.95. The predicted octanol–water partition coefficient (Wildman–Crippen LogP) is 2.28. The maximum absolute atomic E-state index is 12.7. The molecule has 6 heteroatoms. The maximum Gasteiger partial charge on any atom is 0.253 e. The molecule has 2 heterocycles. The predicted molar refractivity (Wildman–Crippen MR) is 89.3 cm³/mol. The molecule has 0 radical (unpaired) electrons. The van der Waals surface area contributed by atoms with Gasteiger partial charge in [0.15, 0.2) is 12.2 Å². The van der Waals surface area contributed by atoms with Gasteiger partial charge in [0.25, 0.3) is 5.91 Å². The lowest BCUT2D eigenvalue weighted by Crippen LogP contribution is -2.45. The van der Waals surface area contributed by atoms with Crippen molar-refractivity contribution in [2.24, 2.45) is 5.92 Å². The number of oxazole rings is 1. The van der Waals surface area contributed by atoms with E-state index in [-0.39, 0.29) is 17.7 Å². The van der Waals surface area contributed by atoms with Crippen LogP contribution in [0.1, 0.15) is 23.2 Å². The Morgan fingerprint density at radius 3 is 2.62 bits per heavy atom. The monoisotopic (exact) mass is 327 g/mol. The summed E-state index contributed by atoms with van der Waals surface area (Å²) in [6, 6.07) is 7.27. The Labute approximate surface area is 141 Å².